The van der Waals surface area contributed by atoms with Crippen molar-refractivity contribution in [3.05, 3.63) is 29.8 Å². The lowest BCUT2D eigenvalue weighted by molar-refractivity contribution is 0.103. The second kappa shape index (κ2) is 4.87. The summed E-state index contributed by atoms with van der Waals surface area (Å²) in [6, 6.07) is 7.42. The highest BCUT2D eigenvalue weighted by atomic mass is 16.5. The Morgan fingerprint density at radius 2 is 2.08 bits per heavy atom. The van der Waals surface area contributed by atoms with Crippen LogP contribution in [0.1, 0.15) is 31.9 Å². The van der Waals surface area contributed by atoms with Crippen LogP contribution in [0.15, 0.2) is 24.3 Å². The molecule has 2 nitrogen and oxygen atoms in total. The van der Waals surface area contributed by atoms with E-state index in [9.17, 15) is 5.11 Å². The zero-order chi connectivity index (χ0) is 9.68. The fourth-order valence-corrected chi connectivity index (χ4v) is 1.16. The first-order chi connectivity index (χ1) is 6.25. The lowest BCUT2D eigenvalue weighted by atomic mass is 10.1. The molecule has 1 aromatic rings. The summed E-state index contributed by atoms with van der Waals surface area (Å²) >= 11 is 0. The number of para-hydroxylation sites is 1. The lowest BCUT2D eigenvalue weighted by Crippen LogP contribution is -2.00. The van der Waals surface area contributed by atoms with Crippen LogP contribution in [0, 0.1) is 0 Å². The monoisotopic (exact) mass is 179 g/mol. The largest absolute Gasteiger partial charge is 0.493 e. The third kappa shape index (κ3) is 2.74. The molecular weight excluding hydrogens is 164 g/mol. The van der Waals surface area contributed by atoms with E-state index in [-0.39, 0.29) is 0 Å². The number of hydrogen-bond acceptors (Lipinski definition) is 1. The standard InChI is InChI=1S/C11H15O2/c1-3-8-13-11-7-5-4-6-10(11)9(2)12/h4-7,9H,3,8H2,1-2H3. The first-order valence-electron chi connectivity index (χ1n) is 4.63. The van der Waals surface area contributed by atoms with Crippen molar-refractivity contribution < 1.29 is 9.84 Å². The summed E-state index contributed by atoms with van der Waals surface area (Å²) in [4.78, 5) is 0. The Hall–Kier alpha value is -1.02. The second-order valence-electron chi connectivity index (χ2n) is 3.03. The first-order valence-corrected chi connectivity index (χ1v) is 4.63. The van der Waals surface area contributed by atoms with Gasteiger partial charge in [-0.3, -0.25) is 0 Å². The molecule has 71 valence electrons. The van der Waals surface area contributed by atoms with E-state index in [2.05, 4.69) is 0 Å². The Morgan fingerprint density at radius 1 is 1.38 bits per heavy atom. The van der Waals surface area contributed by atoms with Crippen LogP contribution in [0.3, 0.4) is 0 Å². The Bertz CT molecular complexity index is 256. The minimum atomic E-state index is -0.715. The molecule has 13 heavy (non-hydrogen) atoms. The maximum atomic E-state index is 11.2. The molecule has 0 aliphatic rings. The minimum Gasteiger partial charge on any atom is -0.493 e. The van der Waals surface area contributed by atoms with Gasteiger partial charge in [0.25, 0.3) is 0 Å². The van der Waals surface area contributed by atoms with Gasteiger partial charge < -0.3 is 4.74 Å². The zero-order valence-corrected chi connectivity index (χ0v) is 8.12. The van der Waals surface area contributed by atoms with Crippen molar-refractivity contribution in [3.63, 3.8) is 0 Å². The molecule has 0 fully saturated rings. The summed E-state index contributed by atoms with van der Waals surface area (Å²) in [7, 11) is 0. The molecule has 2 heteroatoms. The van der Waals surface area contributed by atoms with Gasteiger partial charge in [0, 0.05) is 5.56 Å². The fourth-order valence-electron chi connectivity index (χ4n) is 1.16. The third-order valence-corrected chi connectivity index (χ3v) is 1.82. The smallest absolute Gasteiger partial charge is 0.125 e. The van der Waals surface area contributed by atoms with E-state index in [1.54, 1.807) is 6.92 Å². The van der Waals surface area contributed by atoms with Gasteiger partial charge in [-0.2, -0.15) is 0 Å². The molecule has 1 rings (SSSR count). The summed E-state index contributed by atoms with van der Waals surface area (Å²) < 4.78 is 5.45. The van der Waals surface area contributed by atoms with Gasteiger partial charge in [0.05, 0.1) is 6.61 Å². The molecule has 1 radical (unpaired) electrons. The van der Waals surface area contributed by atoms with Gasteiger partial charge >= 0.3 is 0 Å². The average Bonchev–Trinajstić information content (AvgIpc) is 2.15. The summed E-state index contributed by atoms with van der Waals surface area (Å²) in [6.45, 7) is 4.35. The predicted octanol–water partition coefficient (Wildman–Crippen LogP) is 2.97. The van der Waals surface area contributed by atoms with E-state index in [1.165, 1.54) is 0 Å². The quantitative estimate of drug-likeness (QED) is 0.698. The molecule has 0 saturated carbocycles. The lowest BCUT2D eigenvalue weighted by Gasteiger charge is -2.10. The van der Waals surface area contributed by atoms with Crippen LogP contribution in [-0.2, 0) is 5.11 Å². The van der Waals surface area contributed by atoms with Gasteiger partial charge in [-0.15, -0.1) is 0 Å². The van der Waals surface area contributed by atoms with Gasteiger partial charge in [0.1, 0.15) is 11.9 Å². The first kappa shape index (κ1) is 10.1. The second-order valence-corrected chi connectivity index (χ2v) is 3.03. The summed E-state index contributed by atoms with van der Waals surface area (Å²) in [5.74, 6) is 0.729. The van der Waals surface area contributed by atoms with E-state index in [4.69, 9.17) is 4.74 Å². The molecule has 0 aliphatic carbocycles. The van der Waals surface area contributed by atoms with Crippen LogP contribution in [0.5, 0.6) is 5.75 Å². The normalized spacial score (nSPS) is 12.5. The number of ether oxygens (including phenoxy) is 1. The van der Waals surface area contributed by atoms with Crippen molar-refractivity contribution in [3.8, 4) is 5.75 Å². The van der Waals surface area contributed by atoms with E-state index >= 15 is 0 Å². The number of benzene rings is 1. The van der Waals surface area contributed by atoms with Gasteiger partial charge in [-0.05, 0) is 19.4 Å². The van der Waals surface area contributed by atoms with Gasteiger partial charge in [0.2, 0.25) is 0 Å². The maximum Gasteiger partial charge on any atom is 0.125 e. The van der Waals surface area contributed by atoms with E-state index in [0.717, 1.165) is 17.7 Å². The summed E-state index contributed by atoms with van der Waals surface area (Å²) in [5.41, 5.74) is 0.746. The Labute approximate surface area is 79.2 Å². The van der Waals surface area contributed by atoms with Crippen LogP contribution in [0.4, 0.5) is 0 Å². The SMILES string of the molecule is CCCOc1ccccc1C(C)[O]. The van der Waals surface area contributed by atoms with Crippen LogP contribution in [0.25, 0.3) is 0 Å². The molecule has 0 heterocycles. The van der Waals surface area contributed by atoms with Crippen LogP contribution >= 0.6 is 0 Å². The van der Waals surface area contributed by atoms with Gasteiger partial charge in [-0.25, -0.2) is 5.11 Å². The van der Waals surface area contributed by atoms with Crippen molar-refractivity contribution in [2.24, 2.45) is 0 Å². The van der Waals surface area contributed by atoms with Crippen molar-refractivity contribution in [2.75, 3.05) is 6.61 Å². The third-order valence-electron chi connectivity index (χ3n) is 1.82. The topological polar surface area (TPSA) is 29.1 Å². The van der Waals surface area contributed by atoms with E-state index in [0.29, 0.717) is 6.61 Å². The van der Waals surface area contributed by atoms with E-state index < -0.39 is 6.10 Å². The molecule has 0 aliphatic heterocycles. The molecule has 1 atom stereocenters. The van der Waals surface area contributed by atoms with Crippen LogP contribution in [-0.4, -0.2) is 6.61 Å². The Kier molecular flexibility index (Phi) is 3.77. The van der Waals surface area contributed by atoms with Crippen molar-refractivity contribution in [2.45, 2.75) is 26.4 Å². The predicted molar refractivity (Wildman–Crippen MR) is 51.3 cm³/mol. The molecule has 0 amide bonds. The summed E-state index contributed by atoms with van der Waals surface area (Å²) in [6.07, 6.45) is 0.245. The van der Waals surface area contributed by atoms with Crippen molar-refractivity contribution in [1.82, 2.24) is 0 Å². The maximum absolute atomic E-state index is 11.2. The Morgan fingerprint density at radius 3 is 2.69 bits per heavy atom. The molecule has 0 aromatic heterocycles. The van der Waals surface area contributed by atoms with Crippen molar-refractivity contribution >= 4 is 0 Å². The number of rotatable bonds is 4. The highest BCUT2D eigenvalue weighted by Gasteiger charge is 2.08. The fraction of sp³-hybridized carbons (Fsp3) is 0.455. The molecule has 0 spiro atoms. The molecule has 0 bridgehead atoms. The van der Waals surface area contributed by atoms with Crippen LogP contribution in [0.2, 0.25) is 0 Å². The summed E-state index contributed by atoms with van der Waals surface area (Å²) in [5, 5.41) is 11.2. The molecule has 1 unspecified atom stereocenters. The highest BCUT2D eigenvalue weighted by Crippen LogP contribution is 2.24. The minimum absolute atomic E-state index is 0.670. The molecule has 0 saturated heterocycles. The van der Waals surface area contributed by atoms with Crippen LogP contribution < -0.4 is 4.74 Å². The molecular formula is C11H15O2. The van der Waals surface area contributed by atoms with E-state index in [1.807, 2.05) is 31.2 Å². The highest BCUT2D eigenvalue weighted by molar-refractivity contribution is 5.34. The van der Waals surface area contributed by atoms with Crippen molar-refractivity contribution in [1.29, 1.82) is 0 Å². The van der Waals surface area contributed by atoms with Gasteiger partial charge in [0.15, 0.2) is 0 Å². The number of hydrogen-bond donors (Lipinski definition) is 0. The zero-order valence-electron chi connectivity index (χ0n) is 8.12. The van der Waals surface area contributed by atoms with Gasteiger partial charge in [-0.1, -0.05) is 25.1 Å². The molecule has 1 aromatic carbocycles. The molecule has 0 N–H and O–H groups in total. The average molecular weight is 179 g/mol. The Balaban J connectivity index is 2.78.